The average molecular weight is 418 g/mol. The molecule has 0 bridgehead atoms. The van der Waals surface area contributed by atoms with Gasteiger partial charge in [0.2, 0.25) is 0 Å². The Labute approximate surface area is 182 Å². The third-order valence-electron chi connectivity index (χ3n) is 5.35. The first-order valence-electron chi connectivity index (χ1n) is 10.4. The van der Waals surface area contributed by atoms with E-state index in [-0.39, 0.29) is 12.5 Å². The lowest BCUT2D eigenvalue weighted by molar-refractivity contribution is 0.0744. The fraction of sp³-hybridized carbons (Fsp3) is 0.280. The molecule has 4 rings (SSSR count). The number of hydrogen-bond acceptors (Lipinski definition) is 4. The molecule has 31 heavy (non-hydrogen) atoms. The van der Waals surface area contributed by atoms with E-state index in [4.69, 9.17) is 14.1 Å². The molecule has 0 spiro atoms. The minimum absolute atomic E-state index is 0.188. The minimum atomic E-state index is -0.188. The van der Waals surface area contributed by atoms with E-state index in [1.165, 1.54) is 5.56 Å². The lowest BCUT2D eigenvalue weighted by Crippen LogP contribution is -2.27. The molecule has 0 fully saturated rings. The molecule has 2 heterocycles. The summed E-state index contributed by atoms with van der Waals surface area (Å²) in [7, 11) is 1.76. The second-order valence-electron chi connectivity index (χ2n) is 7.75. The number of carbonyl (C=O) groups excluding carboxylic acids is 1. The van der Waals surface area contributed by atoms with Gasteiger partial charge in [0.15, 0.2) is 5.76 Å². The van der Waals surface area contributed by atoms with Gasteiger partial charge in [-0.1, -0.05) is 29.8 Å². The van der Waals surface area contributed by atoms with Crippen molar-refractivity contribution < 1.29 is 13.9 Å². The van der Waals surface area contributed by atoms with Crippen molar-refractivity contribution in [2.24, 2.45) is 0 Å². The minimum Gasteiger partial charge on any atom is -0.485 e. The third kappa shape index (κ3) is 4.33. The monoisotopic (exact) mass is 417 g/mol. The molecule has 160 valence electrons. The molecular formula is C25H27N3O3. The fourth-order valence-corrected chi connectivity index (χ4v) is 3.75. The van der Waals surface area contributed by atoms with Crippen LogP contribution in [0, 0.1) is 13.8 Å². The fourth-order valence-electron chi connectivity index (χ4n) is 3.75. The number of furan rings is 1. The highest BCUT2D eigenvalue weighted by Crippen LogP contribution is 2.21. The summed E-state index contributed by atoms with van der Waals surface area (Å²) in [6, 6.07) is 17.5. The van der Waals surface area contributed by atoms with E-state index in [1.807, 2.05) is 50.2 Å². The van der Waals surface area contributed by atoms with Gasteiger partial charge in [0.25, 0.3) is 5.91 Å². The molecule has 1 amide bonds. The molecule has 2 aromatic heterocycles. The topological polar surface area (TPSA) is 60.5 Å². The second-order valence-corrected chi connectivity index (χ2v) is 7.75. The first-order chi connectivity index (χ1) is 15.0. The Morgan fingerprint density at radius 3 is 2.71 bits per heavy atom. The Morgan fingerprint density at radius 2 is 1.94 bits per heavy atom. The maximum Gasteiger partial charge on any atom is 0.289 e. The molecule has 6 heteroatoms. The van der Waals surface area contributed by atoms with Crippen LogP contribution in [0.5, 0.6) is 5.75 Å². The summed E-state index contributed by atoms with van der Waals surface area (Å²) in [5.41, 5.74) is 4.27. The lowest BCUT2D eigenvalue weighted by atomic mass is 10.1. The molecule has 0 atom stereocenters. The molecule has 0 aliphatic heterocycles. The number of aryl methyl sites for hydroxylation is 3. The standard InChI is InChI=1S/C25H27N3O3/c1-5-28-21-9-7-6-8-20(21)26-24(28)15-27(4)25(29)23-13-11-19(31-23)16-30-22-12-10-17(2)14-18(22)3/h6-14H,5,15-16H2,1-4H3. The zero-order valence-electron chi connectivity index (χ0n) is 18.4. The van der Waals surface area contributed by atoms with Crippen molar-refractivity contribution in [3.63, 3.8) is 0 Å². The highest BCUT2D eigenvalue weighted by atomic mass is 16.5. The van der Waals surface area contributed by atoms with Crippen LogP contribution in [0.15, 0.2) is 59.0 Å². The van der Waals surface area contributed by atoms with Gasteiger partial charge in [0.1, 0.15) is 23.9 Å². The maximum atomic E-state index is 12.9. The smallest absolute Gasteiger partial charge is 0.289 e. The number of benzene rings is 2. The second kappa shape index (κ2) is 8.68. The number of aromatic nitrogens is 2. The van der Waals surface area contributed by atoms with Crippen LogP contribution in [0.1, 0.15) is 40.2 Å². The Bertz CT molecular complexity index is 1220. The van der Waals surface area contributed by atoms with Crippen LogP contribution in [-0.2, 0) is 19.7 Å². The molecule has 0 aliphatic rings. The van der Waals surface area contributed by atoms with Crippen LogP contribution in [0.3, 0.4) is 0 Å². The molecule has 0 unspecified atom stereocenters. The highest BCUT2D eigenvalue weighted by Gasteiger charge is 2.19. The summed E-state index contributed by atoms with van der Waals surface area (Å²) in [6.45, 7) is 7.60. The van der Waals surface area contributed by atoms with Crippen molar-refractivity contribution in [2.45, 2.75) is 40.5 Å². The number of imidazole rings is 1. The summed E-state index contributed by atoms with van der Waals surface area (Å²) in [5.74, 6) is 2.38. The van der Waals surface area contributed by atoms with Gasteiger partial charge < -0.3 is 18.6 Å². The van der Waals surface area contributed by atoms with Gasteiger partial charge in [-0.05, 0) is 56.7 Å². The van der Waals surface area contributed by atoms with Gasteiger partial charge in [-0.2, -0.15) is 0 Å². The number of rotatable bonds is 7. The summed E-state index contributed by atoms with van der Waals surface area (Å²) >= 11 is 0. The number of nitrogens with zero attached hydrogens (tertiary/aromatic N) is 3. The number of amides is 1. The van der Waals surface area contributed by atoms with Crippen molar-refractivity contribution in [1.29, 1.82) is 0 Å². The highest BCUT2D eigenvalue weighted by molar-refractivity contribution is 5.91. The van der Waals surface area contributed by atoms with E-state index in [0.29, 0.717) is 18.1 Å². The van der Waals surface area contributed by atoms with Crippen molar-refractivity contribution in [3.05, 3.63) is 83.1 Å². The quantitative estimate of drug-likeness (QED) is 0.419. The Morgan fingerprint density at radius 1 is 1.13 bits per heavy atom. The first-order valence-corrected chi connectivity index (χ1v) is 10.4. The molecule has 0 radical (unpaired) electrons. The van der Waals surface area contributed by atoms with E-state index in [1.54, 1.807) is 24.1 Å². The van der Waals surface area contributed by atoms with Crippen molar-refractivity contribution in [2.75, 3.05) is 7.05 Å². The van der Waals surface area contributed by atoms with Crippen LogP contribution >= 0.6 is 0 Å². The maximum absolute atomic E-state index is 12.9. The van der Waals surface area contributed by atoms with E-state index in [0.717, 1.165) is 34.7 Å². The van der Waals surface area contributed by atoms with E-state index in [2.05, 4.69) is 17.6 Å². The molecule has 6 nitrogen and oxygen atoms in total. The van der Waals surface area contributed by atoms with Gasteiger partial charge >= 0.3 is 0 Å². The van der Waals surface area contributed by atoms with Crippen LogP contribution in [0.2, 0.25) is 0 Å². The van der Waals surface area contributed by atoms with E-state index in [9.17, 15) is 4.79 Å². The summed E-state index contributed by atoms with van der Waals surface area (Å²) in [5, 5.41) is 0. The molecule has 2 aromatic carbocycles. The predicted molar refractivity (Wildman–Crippen MR) is 120 cm³/mol. The lowest BCUT2D eigenvalue weighted by Gasteiger charge is -2.16. The predicted octanol–water partition coefficient (Wildman–Crippen LogP) is 5.12. The largest absolute Gasteiger partial charge is 0.485 e. The first kappa shape index (κ1) is 20.7. The summed E-state index contributed by atoms with van der Waals surface area (Å²) in [4.78, 5) is 19.2. The Kier molecular flexibility index (Phi) is 5.80. The van der Waals surface area contributed by atoms with Crippen LogP contribution in [-0.4, -0.2) is 27.4 Å². The number of para-hydroxylation sites is 2. The molecule has 0 saturated carbocycles. The average Bonchev–Trinajstić information content (AvgIpc) is 3.36. The molecule has 0 N–H and O–H groups in total. The number of ether oxygens (including phenoxy) is 1. The van der Waals surface area contributed by atoms with Crippen molar-refractivity contribution >= 4 is 16.9 Å². The zero-order chi connectivity index (χ0) is 22.0. The molecule has 4 aromatic rings. The van der Waals surface area contributed by atoms with Gasteiger partial charge in [-0.3, -0.25) is 4.79 Å². The Hall–Kier alpha value is -3.54. The summed E-state index contributed by atoms with van der Waals surface area (Å²) in [6.07, 6.45) is 0. The summed E-state index contributed by atoms with van der Waals surface area (Å²) < 4.78 is 13.8. The number of fused-ring (bicyclic) bond motifs is 1. The van der Waals surface area contributed by atoms with Gasteiger partial charge in [0, 0.05) is 13.6 Å². The molecule has 0 aliphatic carbocycles. The van der Waals surface area contributed by atoms with E-state index < -0.39 is 0 Å². The van der Waals surface area contributed by atoms with Crippen LogP contribution in [0.25, 0.3) is 11.0 Å². The third-order valence-corrected chi connectivity index (χ3v) is 5.35. The number of carbonyl (C=O) groups is 1. The molecular weight excluding hydrogens is 390 g/mol. The number of hydrogen-bond donors (Lipinski definition) is 0. The van der Waals surface area contributed by atoms with Gasteiger partial charge in [-0.15, -0.1) is 0 Å². The Balaban J connectivity index is 1.43. The van der Waals surface area contributed by atoms with Crippen molar-refractivity contribution in [3.8, 4) is 5.75 Å². The van der Waals surface area contributed by atoms with Crippen molar-refractivity contribution in [1.82, 2.24) is 14.5 Å². The SMILES string of the molecule is CCn1c(CN(C)C(=O)c2ccc(COc3ccc(C)cc3C)o2)nc2ccccc21. The van der Waals surface area contributed by atoms with Gasteiger partial charge in [0.05, 0.1) is 17.6 Å². The zero-order valence-corrected chi connectivity index (χ0v) is 18.4. The van der Waals surface area contributed by atoms with E-state index >= 15 is 0 Å². The molecule has 0 saturated heterocycles. The van der Waals surface area contributed by atoms with Gasteiger partial charge in [-0.25, -0.2) is 4.98 Å². The normalized spacial score (nSPS) is 11.1. The van der Waals surface area contributed by atoms with Crippen LogP contribution in [0.4, 0.5) is 0 Å². The van der Waals surface area contributed by atoms with Crippen LogP contribution < -0.4 is 4.74 Å².